The van der Waals surface area contributed by atoms with E-state index in [1.54, 1.807) is 54.8 Å². The summed E-state index contributed by atoms with van der Waals surface area (Å²) >= 11 is 1.56. The number of benzene rings is 2. The van der Waals surface area contributed by atoms with Crippen molar-refractivity contribution in [1.82, 2.24) is 9.97 Å². The predicted molar refractivity (Wildman–Crippen MR) is 135 cm³/mol. The first-order chi connectivity index (χ1) is 16.7. The SMILES string of the molecule is Cc1ccc(S(=O)(=O)OCCCOc2ccc3nc(/C=C/c4cnc(N(C)C)s4)oc3c2)c(O)c1. The third-order valence-corrected chi connectivity index (χ3v) is 7.33. The number of fused-ring (bicyclic) bond motifs is 1. The highest BCUT2D eigenvalue weighted by atomic mass is 32.2. The van der Waals surface area contributed by atoms with Crippen LogP contribution in [0.4, 0.5) is 5.13 Å². The lowest BCUT2D eigenvalue weighted by atomic mass is 10.2. The molecule has 11 heteroatoms. The van der Waals surface area contributed by atoms with Gasteiger partial charge in [-0.3, -0.25) is 4.18 Å². The van der Waals surface area contributed by atoms with Gasteiger partial charge in [-0.05, 0) is 42.8 Å². The predicted octanol–water partition coefficient (Wildman–Crippen LogP) is 4.71. The van der Waals surface area contributed by atoms with Crippen molar-refractivity contribution in [2.24, 2.45) is 0 Å². The molecule has 0 atom stereocenters. The first-order valence-corrected chi connectivity index (χ1v) is 13.0. The first-order valence-electron chi connectivity index (χ1n) is 10.7. The lowest BCUT2D eigenvalue weighted by Gasteiger charge is -2.09. The van der Waals surface area contributed by atoms with Crippen molar-refractivity contribution >= 4 is 49.8 Å². The van der Waals surface area contributed by atoms with Crippen LogP contribution in [0, 0.1) is 6.92 Å². The van der Waals surface area contributed by atoms with Gasteiger partial charge in [-0.25, -0.2) is 9.97 Å². The fourth-order valence-corrected chi connectivity index (χ4v) is 4.87. The van der Waals surface area contributed by atoms with Crippen LogP contribution in [0.5, 0.6) is 11.5 Å². The number of hydrogen-bond acceptors (Lipinski definition) is 10. The first kappa shape index (κ1) is 24.7. The Hall–Kier alpha value is -3.41. The van der Waals surface area contributed by atoms with Gasteiger partial charge in [0.1, 0.15) is 21.9 Å². The summed E-state index contributed by atoms with van der Waals surface area (Å²) in [7, 11) is -0.162. The number of ether oxygens (including phenoxy) is 1. The molecule has 4 rings (SSSR count). The normalized spacial score (nSPS) is 12.0. The largest absolute Gasteiger partial charge is 0.506 e. The van der Waals surface area contributed by atoms with Crippen molar-refractivity contribution in [1.29, 1.82) is 0 Å². The van der Waals surface area contributed by atoms with Gasteiger partial charge in [-0.2, -0.15) is 8.42 Å². The van der Waals surface area contributed by atoms with Crippen LogP contribution in [0.25, 0.3) is 23.3 Å². The quantitative estimate of drug-likeness (QED) is 0.237. The molecule has 0 fully saturated rings. The van der Waals surface area contributed by atoms with E-state index in [-0.39, 0.29) is 23.9 Å². The van der Waals surface area contributed by atoms with Crippen molar-refractivity contribution in [3.63, 3.8) is 0 Å². The van der Waals surface area contributed by atoms with E-state index in [4.69, 9.17) is 13.3 Å². The number of aromatic nitrogens is 2. The number of nitrogens with zero attached hydrogens (tertiary/aromatic N) is 3. The standard InChI is InChI=1S/C24H25N3O6S2/c1-16-5-9-22(20(28)13-16)35(29,30)32-12-4-11-31-17-6-8-19-21(14-17)33-23(26-19)10-7-18-15-25-24(34-18)27(2)3/h5-10,13-15,28H,4,11-12H2,1-3H3/b10-7+. The third-order valence-electron chi connectivity index (χ3n) is 4.84. The Labute approximate surface area is 207 Å². The number of phenolic OH excluding ortho intramolecular Hbond substituents is 1. The number of anilines is 1. The molecule has 2 heterocycles. The van der Waals surface area contributed by atoms with Gasteiger partial charge in [0.05, 0.1) is 13.2 Å². The minimum Gasteiger partial charge on any atom is -0.506 e. The summed E-state index contributed by atoms with van der Waals surface area (Å²) in [5.41, 5.74) is 2.02. The van der Waals surface area contributed by atoms with E-state index < -0.39 is 10.1 Å². The zero-order valence-electron chi connectivity index (χ0n) is 19.5. The fraction of sp³-hybridized carbons (Fsp3) is 0.250. The molecule has 1 N–H and O–H groups in total. The van der Waals surface area contributed by atoms with Gasteiger partial charge in [0.2, 0.25) is 5.89 Å². The number of aromatic hydroxyl groups is 1. The summed E-state index contributed by atoms with van der Waals surface area (Å²) in [5.74, 6) is 0.706. The topological polar surface area (TPSA) is 115 Å². The van der Waals surface area contributed by atoms with Gasteiger partial charge in [-0.1, -0.05) is 17.4 Å². The van der Waals surface area contributed by atoms with Crippen LogP contribution >= 0.6 is 11.3 Å². The minimum absolute atomic E-state index is 0.0811. The van der Waals surface area contributed by atoms with E-state index in [0.29, 0.717) is 29.2 Å². The van der Waals surface area contributed by atoms with Crippen molar-refractivity contribution in [3.8, 4) is 11.5 Å². The maximum Gasteiger partial charge on any atom is 0.300 e. The number of hydrogen-bond donors (Lipinski definition) is 1. The summed E-state index contributed by atoms with van der Waals surface area (Å²) < 4.78 is 41.0. The van der Waals surface area contributed by atoms with Crippen molar-refractivity contribution < 1.29 is 26.9 Å². The van der Waals surface area contributed by atoms with E-state index >= 15 is 0 Å². The van der Waals surface area contributed by atoms with E-state index in [1.807, 2.05) is 25.1 Å². The lowest BCUT2D eigenvalue weighted by molar-refractivity contribution is 0.250. The van der Waals surface area contributed by atoms with Crippen LogP contribution in [-0.2, 0) is 14.3 Å². The Kier molecular flexibility index (Phi) is 7.39. The molecule has 0 aliphatic heterocycles. The van der Waals surface area contributed by atoms with E-state index in [0.717, 1.165) is 15.6 Å². The van der Waals surface area contributed by atoms with Crippen molar-refractivity contribution in [2.75, 3.05) is 32.2 Å². The monoisotopic (exact) mass is 515 g/mol. The zero-order valence-corrected chi connectivity index (χ0v) is 21.1. The fourth-order valence-electron chi connectivity index (χ4n) is 3.12. The molecule has 0 bridgehead atoms. The summed E-state index contributed by atoms with van der Waals surface area (Å²) in [6, 6.07) is 9.60. The molecule has 0 amide bonds. The van der Waals surface area contributed by atoms with Gasteiger partial charge in [0, 0.05) is 43.7 Å². The van der Waals surface area contributed by atoms with E-state index in [2.05, 4.69) is 9.97 Å². The van der Waals surface area contributed by atoms with Crippen LogP contribution in [0.15, 0.2) is 51.9 Å². The molecule has 2 aromatic heterocycles. The van der Waals surface area contributed by atoms with Crippen LogP contribution in [-0.4, -0.2) is 50.8 Å². The smallest absolute Gasteiger partial charge is 0.300 e. The molecule has 0 saturated carbocycles. The highest BCUT2D eigenvalue weighted by Gasteiger charge is 2.19. The molecule has 4 aromatic rings. The van der Waals surface area contributed by atoms with Gasteiger partial charge >= 0.3 is 10.1 Å². The maximum atomic E-state index is 12.3. The van der Waals surface area contributed by atoms with Crippen LogP contribution in [0.2, 0.25) is 0 Å². The van der Waals surface area contributed by atoms with Gasteiger partial charge in [-0.15, -0.1) is 0 Å². The summed E-state index contributed by atoms with van der Waals surface area (Å²) in [4.78, 5) is 11.5. The highest BCUT2D eigenvalue weighted by Crippen LogP contribution is 2.26. The molecule has 0 radical (unpaired) electrons. The van der Waals surface area contributed by atoms with E-state index in [9.17, 15) is 13.5 Å². The average molecular weight is 516 g/mol. The summed E-state index contributed by atoms with van der Waals surface area (Å²) in [6.45, 7) is 1.91. The Balaban J connectivity index is 1.30. The second-order valence-corrected chi connectivity index (χ2v) is 10.5. The van der Waals surface area contributed by atoms with Crippen molar-refractivity contribution in [3.05, 3.63) is 58.9 Å². The Morgan fingerprint density at radius 2 is 1.97 bits per heavy atom. The number of aryl methyl sites for hydroxylation is 1. The van der Waals surface area contributed by atoms with Gasteiger partial charge < -0.3 is 19.2 Å². The molecular weight excluding hydrogens is 490 g/mol. The molecule has 0 unspecified atom stereocenters. The Morgan fingerprint density at radius 3 is 2.71 bits per heavy atom. The summed E-state index contributed by atoms with van der Waals surface area (Å²) in [5, 5.41) is 10.8. The third kappa shape index (κ3) is 6.18. The van der Waals surface area contributed by atoms with Crippen LogP contribution < -0.4 is 9.64 Å². The zero-order chi connectivity index (χ0) is 25.0. The second-order valence-electron chi connectivity index (χ2n) is 7.90. The molecule has 2 aromatic carbocycles. The molecular formula is C24H25N3O6S2. The lowest BCUT2D eigenvalue weighted by Crippen LogP contribution is -2.10. The molecule has 0 aliphatic carbocycles. The number of oxazole rings is 1. The Morgan fingerprint density at radius 1 is 1.14 bits per heavy atom. The van der Waals surface area contributed by atoms with E-state index in [1.165, 1.54) is 12.1 Å². The molecule has 0 aliphatic rings. The molecule has 35 heavy (non-hydrogen) atoms. The second kappa shape index (κ2) is 10.5. The van der Waals surface area contributed by atoms with Crippen molar-refractivity contribution in [2.45, 2.75) is 18.2 Å². The molecule has 184 valence electrons. The highest BCUT2D eigenvalue weighted by molar-refractivity contribution is 7.86. The molecule has 0 saturated heterocycles. The minimum atomic E-state index is -4.05. The van der Waals surface area contributed by atoms with Gasteiger partial charge in [0.25, 0.3) is 0 Å². The van der Waals surface area contributed by atoms with Crippen LogP contribution in [0.3, 0.4) is 0 Å². The number of phenols is 1. The number of rotatable bonds is 10. The molecule has 0 spiro atoms. The van der Waals surface area contributed by atoms with Crippen LogP contribution in [0.1, 0.15) is 22.8 Å². The maximum absolute atomic E-state index is 12.3. The molecule has 9 nitrogen and oxygen atoms in total. The van der Waals surface area contributed by atoms with Gasteiger partial charge in [0.15, 0.2) is 10.7 Å². The average Bonchev–Trinajstić information content (AvgIpc) is 3.43. The summed E-state index contributed by atoms with van der Waals surface area (Å²) in [6.07, 6.45) is 5.82. The number of thiazole rings is 1. The Bertz CT molecular complexity index is 1460.